The number of carbonyl (C=O) groups excluding carboxylic acids is 1. The highest BCUT2D eigenvalue weighted by Gasteiger charge is 2.11. The largest absolute Gasteiger partial charge is 0.489 e. The van der Waals surface area contributed by atoms with Crippen LogP contribution in [0.4, 0.5) is 0 Å². The number of amides is 1. The molecule has 1 amide bonds. The number of aliphatic hydroxyl groups is 1. The zero-order valence-corrected chi connectivity index (χ0v) is 15.4. The third kappa shape index (κ3) is 5.58. The van der Waals surface area contributed by atoms with Gasteiger partial charge in [-0.05, 0) is 41.5 Å². The molecule has 0 saturated heterocycles. The third-order valence-electron chi connectivity index (χ3n) is 4.03. The van der Waals surface area contributed by atoms with Crippen molar-refractivity contribution in [2.24, 2.45) is 0 Å². The van der Waals surface area contributed by atoms with Gasteiger partial charge in [-0.1, -0.05) is 60.1 Å². The fourth-order valence-corrected chi connectivity index (χ4v) is 2.82. The molecule has 0 fully saturated rings. The van der Waals surface area contributed by atoms with Crippen LogP contribution in [-0.4, -0.2) is 17.6 Å². The summed E-state index contributed by atoms with van der Waals surface area (Å²) in [4.78, 5) is 12.4. The summed E-state index contributed by atoms with van der Waals surface area (Å²) >= 11 is 5.97. The fourth-order valence-electron chi connectivity index (χ4n) is 2.61. The lowest BCUT2D eigenvalue weighted by atomic mass is 10.1. The summed E-state index contributed by atoms with van der Waals surface area (Å²) in [5, 5.41) is 13.6. The van der Waals surface area contributed by atoms with E-state index in [1.54, 1.807) is 30.3 Å². The average molecular weight is 382 g/mol. The maximum absolute atomic E-state index is 12.4. The molecule has 0 aromatic heterocycles. The number of carbonyl (C=O) groups is 1. The number of rotatable bonds is 7. The number of ether oxygens (including phenoxy) is 1. The van der Waals surface area contributed by atoms with Gasteiger partial charge in [-0.15, -0.1) is 0 Å². The molecule has 0 saturated carbocycles. The van der Waals surface area contributed by atoms with Crippen molar-refractivity contribution in [3.05, 3.63) is 101 Å². The highest BCUT2D eigenvalue weighted by molar-refractivity contribution is 6.30. The zero-order valence-electron chi connectivity index (χ0n) is 14.6. The van der Waals surface area contributed by atoms with E-state index in [2.05, 4.69) is 5.32 Å². The molecule has 3 aromatic rings. The van der Waals surface area contributed by atoms with Crippen LogP contribution < -0.4 is 10.1 Å². The first-order valence-electron chi connectivity index (χ1n) is 8.60. The summed E-state index contributed by atoms with van der Waals surface area (Å²) in [5.74, 6) is 0.324. The van der Waals surface area contributed by atoms with Crippen molar-refractivity contribution in [2.75, 3.05) is 6.54 Å². The van der Waals surface area contributed by atoms with Gasteiger partial charge in [0.25, 0.3) is 5.91 Å². The Hall–Kier alpha value is -2.82. The van der Waals surface area contributed by atoms with Crippen LogP contribution in [0, 0.1) is 0 Å². The Kier molecular flexibility index (Phi) is 6.47. The van der Waals surface area contributed by atoms with Gasteiger partial charge in [0.15, 0.2) is 0 Å². The minimum absolute atomic E-state index is 0.135. The molecule has 27 heavy (non-hydrogen) atoms. The molecule has 0 aliphatic heterocycles. The van der Waals surface area contributed by atoms with Gasteiger partial charge in [0, 0.05) is 17.1 Å². The minimum Gasteiger partial charge on any atom is -0.489 e. The van der Waals surface area contributed by atoms with Gasteiger partial charge < -0.3 is 15.2 Å². The fraction of sp³-hybridized carbons (Fsp3) is 0.136. The number of nitrogens with one attached hydrogen (secondary N) is 1. The summed E-state index contributed by atoms with van der Waals surface area (Å²) in [7, 11) is 0. The molecule has 3 aromatic carbocycles. The van der Waals surface area contributed by atoms with Gasteiger partial charge in [0.05, 0.1) is 6.10 Å². The molecule has 0 heterocycles. The first kappa shape index (κ1) is 19.0. The van der Waals surface area contributed by atoms with E-state index < -0.39 is 6.10 Å². The third-order valence-corrected chi connectivity index (χ3v) is 4.27. The lowest BCUT2D eigenvalue weighted by Crippen LogP contribution is -2.28. The van der Waals surface area contributed by atoms with Crippen molar-refractivity contribution in [2.45, 2.75) is 12.7 Å². The predicted octanol–water partition coefficient (Wildman–Crippen LogP) is 4.38. The number of benzene rings is 3. The van der Waals surface area contributed by atoms with E-state index in [1.165, 1.54) is 0 Å². The van der Waals surface area contributed by atoms with Gasteiger partial charge in [0.2, 0.25) is 0 Å². The first-order valence-corrected chi connectivity index (χ1v) is 8.98. The van der Waals surface area contributed by atoms with Crippen LogP contribution in [0.25, 0.3) is 0 Å². The molecule has 0 aliphatic rings. The smallest absolute Gasteiger partial charge is 0.251 e. The molecule has 4 nitrogen and oxygen atoms in total. The van der Waals surface area contributed by atoms with Crippen molar-refractivity contribution < 1.29 is 14.6 Å². The van der Waals surface area contributed by atoms with E-state index in [1.807, 2.05) is 48.5 Å². The molecule has 3 rings (SSSR count). The quantitative estimate of drug-likeness (QED) is 0.638. The molecule has 0 aliphatic carbocycles. The van der Waals surface area contributed by atoms with Gasteiger partial charge in [-0.2, -0.15) is 0 Å². The average Bonchev–Trinajstić information content (AvgIpc) is 2.71. The van der Waals surface area contributed by atoms with Gasteiger partial charge >= 0.3 is 0 Å². The lowest BCUT2D eigenvalue weighted by Gasteiger charge is -2.13. The normalized spacial score (nSPS) is 11.6. The van der Waals surface area contributed by atoms with Gasteiger partial charge in [0.1, 0.15) is 12.4 Å². The van der Waals surface area contributed by atoms with Crippen molar-refractivity contribution >= 4 is 17.5 Å². The molecule has 0 radical (unpaired) electrons. The van der Waals surface area contributed by atoms with E-state index >= 15 is 0 Å². The van der Waals surface area contributed by atoms with E-state index in [0.29, 0.717) is 22.9 Å². The number of aliphatic hydroxyl groups excluding tert-OH is 1. The summed E-state index contributed by atoms with van der Waals surface area (Å²) in [5.41, 5.74) is 2.18. The van der Waals surface area contributed by atoms with Crippen molar-refractivity contribution in [3.8, 4) is 5.75 Å². The standard InChI is InChI=1S/C22H20ClNO3/c23-19-10-4-6-16(12-19)15-27-20-11-5-9-18(13-20)22(26)24-14-21(25)17-7-2-1-3-8-17/h1-13,21,25H,14-15H2,(H,24,26). The van der Waals surface area contributed by atoms with E-state index in [9.17, 15) is 9.90 Å². The Labute approximate surface area is 163 Å². The minimum atomic E-state index is -0.752. The van der Waals surface area contributed by atoms with Crippen LogP contribution in [0.5, 0.6) is 5.75 Å². The predicted molar refractivity (Wildman–Crippen MR) is 106 cm³/mol. The Morgan fingerprint density at radius 3 is 2.56 bits per heavy atom. The summed E-state index contributed by atoms with van der Waals surface area (Å²) < 4.78 is 5.74. The van der Waals surface area contributed by atoms with Crippen LogP contribution in [0.2, 0.25) is 5.02 Å². The van der Waals surface area contributed by atoms with Crippen LogP contribution >= 0.6 is 11.6 Å². The molecule has 1 unspecified atom stereocenters. The second kappa shape index (κ2) is 9.21. The molecular weight excluding hydrogens is 362 g/mol. The first-order chi connectivity index (χ1) is 13.1. The molecular formula is C22H20ClNO3. The highest BCUT2D eigenvalue weighted by atomic mass is 35.5. The molecule has 138 valence electrons. The zero-order chi connectivity index (χ0) is 19.1. The van der Waals surface area contributed by atoms with Crippen molar-refractivity contribution in [1.82, 2.24) is 5.32 Å². The van der Waals surface area contributed by atoms with E-state index in [4.69, 9.17) is 16.3 Å². The lowest BCUT2D eigenvalue weighted by molar-refractivity contribution is 0.0916. The van der Waals surface area contributed by atoms with Crippen LogP contribution in [-0.2, 0) is 6.61 Å². The monoisotopic (exact) mass is 381 g/mol. The molecule has 1 atom stereocenters. The summed E-state index contributed by atoms with van der Waals surface area (Å²) in [6.45, 7) is 0.495. The maximum Gasteiger partial charge on any atom is 0.251 e. The number of halogens is 1. The summed E-state index contributed by atoms with van der Waals surface area (Å²) in [6, 6.07) is 23.6. The summed E-state index contributed by atoms with van der Waals surface area (Å²) in [6.07, 6.45) is -0.752. The highest BCUT2D eigenvalue weighted by Crippen LogP contribution is 2.17. The van der Waals surface area contributed by atoms with Crippen molar-refractivity contribution in [1.29, 1.82) is 0 Å². The van der Waals surface area contributed by atoms with Crippen LogP contribution in [0.3, 0.4) is 0 Å². The molecule has 5 heteroatoms. The van der Waals surface area contributed by atoms with Crippen LogP contribution in [0.15, 0.2) is 78.9 Å². The van der Waals surface area contributed by atoms with E-state index in [0.717, 1.165) is 11.1 Å². The Morgan fingerprint density at radius 2 is 1.78 bits per heavy atom. The van der Waals surface area contributed by atoms with Crippen LogP contribution in [0.1, 0.15) is 27.6 Å². The second-order valence-corrected chi connectivity index (χ2v) is 6.52. The Balaban J connectivity index is 1.57. The van der Waals surface area contributed by atoms with Gasteiger partial charge in [-0.25, -0.2) is 0 Å². The van der Waals surface area contributed by atoms with Crippen molar-refractivity contribution in [3.63, 3.8) is 0 Å². The van der Waals surface area contributed by atoms with E-state index in [-0.39, 0.29) is 12.5 Å². The topological polar surface area (TPSA) is 58.6 Å². The molecule has 0 spiro atoms. The molecule has 2 N–H and O–H groups in total. The second-order valence-electron chi connectivity index (χ2n) is 6.08. The Bertz CT molecular complexity index is 899. The number of hydrogen-bond acceptors (Lipinski definition) is 3. The maximum atomic E-state index is 12.4. The number of hydrogen-bond donors (Lipinski definition) is 2. The Morgan fingerprint density at radius 1 is 1.00 bits per heavy atom. The SMILES string of the molecule is O=C(NCC(O)c1ccccc1)c1cccc(OCc2cccc(Cl)c2)c1. The molecule has 0 bridgehead atoms. The van der Waals surface area contributed by atoms with Gasteiger partial charge in [-0.3, -0.25) is 4.79 Å².